The Bertz CT molecular complexity index is 408. The van der Waals surface area contributed by atoms with Gasteiger partial charge in [0.1, 0.15) is 0 Å². The summed E-state index contributed by atoms with van der Waals surface area (Å²) < 4.78 is 0.722. The number of carbonyl (C=O) groups excluding carboxylic acids is 1. The number of aliphatic carboxylic acids is 1. The van der Waals surface area contributed by atoms with Crippen LogP contribution in [0.4, 0.5) is 0 Å². The molecule has 0 fully saturated rings. The number of rotatable bonds is 4. The van der Waals surface area contributed by atoms with Gasteiger partial charge >= 0.3 is 5.97 Å². The zero-order chi connectivity index (χ0) is 12.1. The van der Waals surface area contributed by atoms with Crippen LogP contribution < -0.4 is 5.32 Å². The van der Waals surface area contributed by atoms with Gasteiger partial charge in [0.15, 0.2) is 6.04 Å². The quantitative estimate of drug-likeness (QED) is 0.698. The summed E-state index contributed by atoms with van der Waals surface area (Å²) in [6.45, 7) is -0.634. The van der Waals surface area contributed by atoms with Crippen LogP contribution in [0.3, 0.4) is 0 Å². The van der Waals surface area contributed by atoms with Crippen LogP contribution in [0.5, 0.6) is 0 Å². The average Bonchev–Trinajstić information content (AvgIpc) is 2.25. The zero-order valence-electron chi connectivity index (χ0n) is 8.18. The minimum atomic E-state index is -1.27. The number of nitrogens with one attached hydrogen (secondary N) is 1. The van der Waals surface area contributed by atoms with Gasteiger partial charge in [-0.15, -0.1) is 0 Å². The maximum Gasteiger partial charge on any atom is 0.328 e. The normalized spacial score (nSPS) is 11.9. The molecule has 0 saturated carbocycles. The van der Waals surface area contributed by atoms with E-state index < -0.39 is 24.5 Å². The first-order chi connectivity index (χ1) is 7.56. The smallest absolute Gasteiger partial charge is 0.328 e. The Morgan fingerprint density at radius 2 is 2.00 bits per heavy atom. The Labute approximate surface area is 106 Å². The Morgan fingerprint density at radius 3 is 2.50 bits per heavy atom. The number of aliphatic hydroxyl groups is 1. The topological polar surface area (TPSA) is 86.6 Å². The molecule has 0 heterocycles. The van der Waals surface area contributed by atoms with Crippen molar-refractivity contribution in [3.63, 3.8) is 0 Å². The van der Waals surface area contributed by atoms with Gasteiger partial charge < -0.3 is 15.5 Å². The number of carboxylic acid groups (broad SMARTS) is 1. The van der Waals surface area contributed by atoms with E-state index in [1.807, 2.05) is 22.6 Å². The summed E-state index contributed by atoms with van der Waals surface area (Å²) >= 11 is 1.98. The van der Waals surface area contributed by atoms with E-state index in [1.165, 1.54) is 0 Å². The van der Waals surface area contributed by atoms with Crippen molar-refractivity contribution in [3.05, 3.63) is 33.4 Å². The lowest BCUT2D eigenvalue weighted by Gasteiger charge is -2.12. The van der Waals surface area contributed by atoms with Crippen molar-refractivity contribution in [1.29, 1.82) is 0 Å². The van der Waals surface area contributed by atoms with Crippen LogP contribution in [0.1, 0.15) is 10.4 Å². The summed E-state index contributed by atoms with van der Waals surface area (Å²) in [6.07, 6.45) is 0. The molecule has 0 aromatic heterocycles. The molecule has 0 bridgehead atoms. The number of aliphatic hydroxyl groups excluding tert-OH is 1. The van der Waals surface area contributed by atoms with E-state index in [0.717, 1.165) is 3.57 Å². The van der Waals surface area contributed by atoms with Crippen LogP contribution in [0.2, 0.25) is 0 Å². The van der Waals surface area contributed by atoms with Gasteiger partial charge in [0.2, 0.25) is 0 Å². The van der Waals surface area contributed by atoms with Crippen molar-refractivity contribution in [2.75, 3.05) is 6.61 Å². The van der Waals surface area contributed by atoms with Crippen LogP contribution in [0.15, 0.2) is 24.3 Å². The standard InChI is InChI=1S/C10H10INO4/c11-7-4-2-1-3-6(7)9(14)12-8(5-13)10(15)16/h1-4,8,13H,5H2,(H,12,14)(H,15,16). The number of benzene rings is 1. The van der Waals surface area contributed by atoms with Crippen molar-refractivity contribution in [2.24, 2.45) is 0 Å². The van der Waals surface area contributed by atoms with Crippen molar-refractivity contribution < 1.29 is 19.8 Å². The van der Waals surface area contributed by atoms with Crippen LogP contribution in [0, 0.1) is 3.57 Å². The highest BCUT2D eigenvalue weighted by Gasteiger charge is 2.20. The molecule has 86 valence electrons. The third-order valence-corrected chi connectivity index (χ3v) is 2.85. The SMILES string of the molecule is O=C(NC(CO)C(=O)O)c1ccccc1I. The molecule has 5 nitrogen and oxygen atoms in total. The summed E-state index contributed by atoms with van der Waals surface area (Å²) in [7, 11) is 0. The van der Waals surface area contributed by atoms with Gasteiger partial charge in [0, 0.05) is 3.57 Å². The number of hydrogen-bond acceptors (Lipinski definition) is 3. The van der Waals surface area contributed by atoms with Gasteiger partial charge in [-0.3, -0.25) is 4.79 Å². The van der Waals surface area contributed by atoms with Gasteiger partial charge in [0.25, 0.3) is 5.91 Å². The van der Waals surface area contributed by atoms with Crippen LogP contribution in [0.25, 0.3) is 0 Å². The number of hydrogen-bond donors (Lipinski definition) is 3. The number of halogens is 1. The zero-order valence-corrected chi connectivity index (χ0v) is 10.3. The van der Waals surface area contributed by atoms with Crippen molar-refractivity contribution >= 4 is 34.5 Å². The number of amides is 1. The van der Waals surface area contributed by atoms with Crippen molar-refractivity contribution in [3.8, 4) is 0 Å². The molecule has 1 aromatic rings. The maximum atomic E-state index is 11.6. The summed E-state index contributed by atoms with van der Waals surface area (Å²) in [6, 6.07) is 5.52. The minimum Gasteiger partial charge on any atom is -0.480 e. The number of carbonyl (C=O) groups is 2. The molecular formula is C10H10INO4. The highest BCUT2D eigenvalue weighted by molar-refractivity contribution is 14.1. The first-order valence-electron chi connectivity index (χ1n) is 4.45. The van der Waals surface area contributed by atoms with Crippen LogP contribution in [-0.2, 0) is 4.79 Å². The molecule has 0 aliphatic heterocycles. The van der Waals surface area contributed by atoms with Crippen molar-refractivity contribution in [2.45, 2.75) is 6.04 Å². The molecule has 0 aliphatic carbocycles. The number of carboxylic acids is 1. The van der Waals surface area contributed by atoms with E-state index >= 15 is 0 Å². The second-order valence-electron chi connectivity index (χ2n) is 3.03. The van der Waals surface area contributed by atoms with Crippen LogP contribution in [-0.4, -0.2) is 34.7 Å². The summed E-state index contributed by atoms with van der Waals surface area (Å²) in [5.74, 6) is -1.77. The molecule has 1 aromatic carbocycles. The minimum absolute atomic E-state index is 0.391. The molecule has 6 heteroatoms. The van der Waals surface area contributed by atoms with Gasteiger partial charge in [-0.25, -0.2) is 4.79 Å². The van der Waals surface area contributed by atoms with E-state index in [2.05, 4.69) is 5.32 Å². The molecule has 1 rings (SSSR count). The third kappa shape index (κ3) is 3.17. The predicted octanol–water partition coefficient (Wildman–Crippen LogP) is 0.466. The van der Waals surface area contributed by atoms with Gasteiger partial charge in [-0.05, 0) is 34.7 Å². The molecule has 3 N–H and O–H groups in total. The van der Waals surface area contributed by atoms with Crippen LogP contribution >= 0.6 is 22.6 Å². The molecule has 16 heavy (non-hydrogen) atoms. The lowest BCUT2D eigenvalue weighted by Crippen LogP contribution is -2.43. The highest BCUT2D eigenvalue weighted by Crippen LogP contribution is 2.11. The average molecular weight is 335 g/mol. The lowest BCUT2D eigenvalue weighted by molar-refractivity contribution is -0.140. The predicted molar refractivity (Wildman–Crippen MR) is 65.1 cm³/mol. The van der Waals surface area contributed by atoms with Crippen molar-refractivity contribution in [1.82, 2.24) is 5.32 Å². The molecule has 0 aliphatic rings. The Kier molecular flexibility index (Phi) is 4.69. The van der Waals surface area contributed by atoms with Gasteiger partial charge in [0.05, 0.1) is 12.2 Å². The van der Waals surface area contributed by atoms with E-state index in [4.69, 9.17) is 10.2 Å². The summed E-state index contributed by atoms with van der Waals surface area (Å²) in [5.41, 5.74) is 0.391. The van der Waals surface area contributed by atoms with E-state index in [1.54, 1.807) is 24.3 Å². The second-order valence-corrected chi connectivity index (χ2v) is 4.19. The first kappa shape index (κ1) is 12.9. The van der Waals surface area contributed by atoms with E-state index in [-0.39, 0.29) is 0 Å². The molecular weight excluding hydrogens is 325 g/mol. The van der Waals surface area contributed by atoms with E-state index in [9.17, 15) is 9.59 Å². The van der Waals surface area contributed by atoms with Gasteiger partial charge in [-0.1, -0.05) is 12.1 Å². The maximum absolute atomic E-state index is 11.6. The lowest BCUT2D eigenvalue weighted by atomic mass is 10.2. The fourth-order valence-electron chi connectivity index (χ4n) is 1.07. The third-order valence-electron chi connectivity index (χ3n) is 1.90. The summed E-state index contributed by atoms with van der Waals surface area (Å²) in [4.78, 5) is 22.3. The highest BCUT2D eigenvalue weighted by atomic mass is 127. The Hall–Kier alpha value is -1.15. The fourth-order valence-corrected chi connectivity index (χ4v) is 1.70. The largest absolute Gasteiger partial charge is 0.480 e. The molecule has 0 saturated heterocycles. The second kappa shape index (κ2) is 5.80. The van der Waals surface area contributed by atoms with Gasteiger partial charge in [-0.2, -0.15) is 0 Å². The summed E-state index contributed by atoms with van der Waals surface area (Å²) in [5, 5.41) is 19.7. The Balaban J connectivity index is 2.80. The monoisotopic (exact) mass is 335 g/mol. The molecule has 1 unspecified atom stereocenters. The Morgan fingerprint density at radius 1 is 1.38 bits per heavy atom. The molecule has 1 amide bonds. The van der Waals surface area contributed by atoms with E-state index in [0.29, 0.717) is 5.56 Å². The first-order valence-corrected chi connectivity index (χ1v) is 5.53. The molecule has 0 radical (unpaired) electrons. The molecule has 0 spiro atoms. The fraction of sp³-hybridized carbons (Fsp3) is 0.200. The molecule has 1 atom stereocenters.